The zero-order valence-electron chi connectivity index (χ0n) is 11.1. The zero-order valence-corrected chi connectivity index (χ0v) is 11.9. The van der Waals surface area contributed by atoms with Crippen LogP contribution < -0.4 is 10.7 Å². The van der Waals surface area contributed by atoms with Crippen LogP contribution in [0, 0.1) is 11.3 Å². The predicted molar refractivity (Wildman–Crippen MR) is 84.6 cm³/mol. The summed E-state index contributed by atoms with van der Waals surface area (Å²) in [6.45, 7) is 3.04. The molecule has 0 saturated carbocycles. The van der Waals surface area contributed by atoms with E-state index in [1.165, 1.54) is 0 Å². The first kappa shape index (κ1) is 14.0. The Morgan fingerprint density at radius 1 is 1.50 bits per heavy atom. The molecule has 1 heterocycles. The maximum Gasteiger partial charge on any atom is 0.186 e. The molecule has 2 rings (SSSR count). The van der Waals surface area contributed by atoms with Crippen molar-refractivity contribution in [3.8, 4) is 6.07 Å². The molecule has 1 aromatic carbocycles. The van der Waals surface area contributed by atoms with Gasteiger partial charge < -0.3 is 9.88 Å². The highest BCUT2D eigenvalue weighted by molar-refractivity contribution is 7.80. The Hall–Kier alpha value is -2.39. The van der Waals surface area contributed by atoms with E-state index in [4.69, 9.17) is 17.5 Å². The van der Waals surface area contributed by atoms with Gasteiger partial charge >= 0.3 is 0 Å². The van der Waals surface area contributed by atoms with Crippen LogP contribution in [0.15, 0.2) is 35.6 Å². The van der Waals surface area contributed by atoms with E-state index in [0.29, 0.717) is 11.7 Å². The summed E-state index contributed by atoms with van der Waals surface area (Å²) in [5.74, 6) is 0. The SMILES string of the molecule is CCNC(=S)N/N=C\c1cn(CC#N)c2ccccc12. The molecule has 0 radical (unpaired) electrons. The molecule has 6 heteroatoms. The third kappa shape index (κ3) is 3.13. The molecule has 0 saturated heterocycles. The number of para-hydroxylation sites is 1. The molecule has 5 nitrogen and oxygen atoms in total. The van der Waals surface area contributed by atoms with Crippen LogP contribution in [-0.4, -0.2) is 22.4 Å². The fourth-order valence-corrected chi connectivity index (χ4v) is 2.14. The van der Waals surface area contributed by atoms with Gasteiger partial charge in [-0.05, 0) is 25.2 Å². The van der Waals surface area contributed by atoms with Gasteiger partial charge in [0.05, 0.1) is 12.3 Å². The molecule has 2 N–H and O–H groups in total. The van der Waals surface area contributed by atoms with Crippen LogP contribution >= 0.6 is 12.2 Å². The second kappa shape index (κ2) is 6.68. The molecule has 0 unspecified atom stereocenters. The Labute approximate surface area is 122 Å². The second-order valence-electron chi connectivity index (χ2n) is 4.12. The third-order valence-corrected chi connectivity index (χ3v) is 3.00. The van der Waals surface area contributed by atoms with Gasteiger partial charge in [0.25, 0.3) is 0 Å². The van der Waals surface area contributed by atoms with Gasteiger partial charge in [-0.1, -0.05) is 18.2 Å². The summed E-state index contributed by atoms with van der Waals surface area (Å²) >= 11 is 5.03. The molecular formula is C14H15N5S. The standard InChI is InChI=1S/C14H15N5S/c1-2-16-14(20)18-17-9-11-10-19(8-7-15)13-6-4-3-5-12(11)13/h3-6,9-10H,2,8H2,1H3,(H2,16,18,20)/b17-9-. The number of hydrogen-bond acceptors (Lipinski definition) is 3. The molecule has 0 atom stereocenters. The topological polar surface area (TPSA) is 65.1 Å². The number of nitrogens with one attached hydrogen (secondary N) is 2. The minimum Gasteiger partial charge on any atom is -0.362 e. The lowest BCUT2D eigenvalue weighted by Gasteiger charge is -2.02. The Morgan fingerprint density at radius 3 is 3.05 bits per heavy atom. The number of nitriles is 1. The molecule has 0 aliphatic carbocycles. The number of rotatable bonds is 4. The van der Waals surface area contributed by atoms with Crippen molar-refractivity contribution in [1.29, 1.82) is 5.26 Å². The molecular weight excluding hydrogens is 270 g/mol. The number of aromatic nitrogens is 1. The number of benzene rings is 1. The van der Waals surface area contributed by atoms with Gasteiger partial charge in [0.1, 0.15) is 6.54 Å². The van der Waals surface area contributed by atoms with Crippen molar-refractivity contribution < 1.29 is 0 Å². The Bertz CT molecular complexity index is 680. The van der Waals surface area contributed by atoms with Crippen LogP contribution in [0.1, 0.15) is 12.5 Å². The normalized spacial score (nSPS) is 10.6. The lowest BCUT2D eigenvalue weighted by Crippen LogP contribution is -2.31. The number of hydrazone groups is 1. The van der Waals surface area contributed by atoms with E-state index in [2.05, 4.69) is 21.9 Å². The number of hydrogen-bond donors (Lipinski definition) is 2. The first-order valence-corrected chi connectivity index (χ1v) is 6.68. The highest BCUT2D eigenvalue weighted by atomic mass is 32.1. The fraction of sp³-hybridized carbons (Fsp3) is 0.214. The van der Waals surface area contributed by atoms with E-state index in [-0.39, 0.29) is 0 Å². The Kier molecular flexibility index (Phi) is 4.69. The van der Waals surface area contributed by atoms with E-state index in [0.717, 1.165) is 23.0 Å². The second-order valence-corrected chi connectivity index (χ2v) is 4.53. The van der Waals surface area contributed by atoms with Crippen molar-refractivity contribution in [1.82, 2.24) is 15.3 Å². The van der Waals surface area contributed by atoms with Gasteiger partial charge in [0, 0.05) is 29.2 Å². The van der Waals surface area contributed by atoms with Crippen LogP contribution in [-0.2, 0) is 6.54 Å². The number of thiocarbonyl (C=S) groups is 1. The van der Waals surface area contributed by atoms with Crippen LogP contribution in [0.2, 0.25) is 0 Å². The van der Waals surface area contributed by atoms with E-state index in [9.17, 15) is 0 Å². The van der Waals surface area contributed by atoms with Crippen LogP contribution in [0.4, 0.5) is 0 Å². The highest BCUT2D eigenvalue weighted by Gasteiger charge is 2.05. The number of fused-ring (bicyclic) bond motifs is 1. The van der Waals surface area contributed by atoms with E-state index >= 15 is 0 Å². The largest absolute Gasteiger partial charge is 0.362 e. The predicted octanol–water partition coefficient (Wildman–Crippen LogP) is 1.98. The maximum atomic E-state index is 8.85. The monoisotopic (exact) mass is 285 g/mol. The molecule has 0 spiro atoms. The minimum absolute atomic E-state index is 0.317. The van der Waals surface area contributed by atoms with Crippen molar-refractivity contribution >= 4 is 34.4 Å². The average molecular weight is 285 g/mol. The summed E-state index contributed by atoms with van der Waals surface area (Å²) < 4.78 is 1.90. The van der Waals surface area contributed by atoms with E-state index in [1.807, 2.05) is 42.0 Å². The minimum atomic E-state index is 0.317. The Morgan fingerprint density at radius 2 is 2.30 bits per heavy atom. The molecule has 102 valence electrons. The third-order valence-electron chi connectivity index (χ3n) is 2.77. The molecule has 20 heavy (non-hydrogen) atoms. The quantitative estimate of drug-likeness (QED) is 0.512. The van der Waals surface area contributed by atoms with Crippen molar-refractivity contribution in [2.24, 2.45) is 5.10 Å². The van der Waals surface area contributed by atoms with E-state index in [1.54, 1.807) is 6.21 Å². The molecule has 0 bridgehead atoms. The van der Waals surface area contributed by atoms with Crippen molar-refractivity contribution in [3.63, 3.8) is 0 Å². The smallest absolute Gasteiger partial charge is 0.186 e. The summed E-state index contributed by atoms with van der Waals surface area (Å²) in [5.41, 5.74) is 4.72. The molecule has 0 aliphatic heterocycles. The van der Waals surface area contributed by atoms with E-state index < -0.39 is 0 Å². The van der Waals surface area contributed by atoms with Gasteiger partial charge in [0.15, 0.2) is 5.11 Å². The molecule has 0 amide bonds. The molecule has 1 aromatic heterocycles. The molecule has 0 aliphatic rings. The zero-order chi connectivity index (χ0) is 14.4. The van der Waals surface area contributed by atoms with Crippen molar-refractivity contribution in [3.05, 3.63) is 36.0 Å². The lowest BCUT2D eigenvalue weighted by molar-refractivity contribution is 0.873. The lowest BCUT2D eigenvalue weighted by atomic mass is 10.2. The maximum absolute atomic E-state index is 8.85. The van der Waals surface area contributed by atoms with Crippen molar-refractivity contribution in [2.45, 2.75) is 13.5 Å². The summed E-state index contributed by atoms with van der Waals surface area (Å²) in [4.78, 5) is 0. The van der Waals surface area contributed by atoms with Crippen LogP contribution in [0.25, 0.3) is 10.9 Å². The van der Waals surface area contributed by atoms with Crippen molar-refractivity contribution in [2.75, 3.05) is 6.54 Å². The summed E-state index contributed by atoms with van der Waals surface area (Å²) in [7, 11) is 0. The van der Waals surface area contributed by atoms with Gasteiger partial charge in [-0.3, -0.25) is 5.43 Å². The summed E-state index contributed by atoms with van der Waals surface area (Å²) in [6, 6.07) is 10.1. The van der Waals surface area contributed by atoms with Gasteiger partial charge in [0.2, 0.25) is 0 Å². The molecule has 0 fully saturated rings. The van der Waals surface area contributed by atoms with Gasteiger partial charge in [-0.25, -0.2) is 0 Å². The first-order valence-electron chi connectivity index (χ1n) is 6.28. The average Bonchev–Trinajstić information content (AvgIpc) is 2.79. The number of nitrogens with zero attached hydrogens (tertiary/aromatic N) is 3. The fourth-order valence-electron chi connectivity index (χ4n) is 1.95. The van der Waals surface area contributed by atoms with Gasteiger partial charge in [-0.15, -0.1) is 0 Å². The van der Waals surface area contributed by atoms with Gasteiger partial charge in [-0.2, -0.15) is 10.4 Å². The summed E-state index contributed by atoms with van der Waals surface area (Å²) in [6.07, 6.45) is 3.62. The Balaban J connectivity index is 2.24. The van der Waals surface area contributed by atoms with Crippen LogP contribution in [0.5, 0.6) is 0 Å². The summed E-state index contributed by atoms with van der Waals surface area (Å²) in [5, 5.41) is 17.5. The molecule has 2 aromatic rings. The first-order chi connectivity index (χ1) is 9.76. The highest BCUT2D eigenvalue weighted by Crippen LogP contribution is 2.19. The van der Waals surface area contributed by atoms with Crippen LogP contribution in [0.3, 0.4) is 0 Å².